The van der Waals surface area contributed by atoms with Gasteiger partial charge in [-0.15, -0.1) is 0 Å². The fourth-order valence-electron chi connectivity index (χ4n) is 2.40. The van der Waals surface area contributed by atoms with Gasteiger partial charge in [-0.2, -0.15) is 0 Å². The fourth-order valence-corrected chi connectivity index (χ4v) is 2.66. The molecule has 1 amide bonds. The van der Waals surface area contributed by atoms with Gasteiger partial charge in [0.25, 0.3) is 0 Å². The lowest BCUT2D eigenvalue weighted by atomic mass is 10.0. The number of para-hydroxylation sites is 1. The van der Waals surface area contributed by atoms with Crippen LogP contribution < -0.4 is 10.1 Å². The number of aliphatic hydroxyl groups excluding tert-OH is 2. The van der Waals surface area contributed by atoms with Gasteiger partial charge in [-0.1, -0.05) is 34.1 Å². The van der Waals surface area contributed by atoms with Crippen molar-refractivity contribution in [2.24, 2.45) is 0 Å². The van der Waals surface area contributed by atoms with Gasteiger partial charge in [0.1, 0.15) is 18.5 Å². The number of ether oxygens (including phenoxy) is 2. The zero-order valence-electron chi connectivity index (χ0n) is 14.2. The lowest BCUT2D eigenvalue weighted by molar-refractivity contribution is 0.0964. The molecule has 0 aliphatic rings. The predicted molar refractivity (Wildman–Crippen MR) is 102 cm³/mol. The molecule has 0 aromatic heterocycles. The van der Waals surface area contributed by atoms with Crippen LogP contribution in [0, 0.1) is 0 Å². The van der Waals surface area contributed by atoms with E-state index in [4.69, 9.17) is 19.7 Å². The Morgan fingerprint density at radius 2 is 1.81 bits per heavy atom. The molecule has 6 nitrogen and oxygen atoms in total. The molecule has 0 radical (unpaired) electrons. The monoisotopic (exact) mass is 423 g/mol. The Balaban J connectivity index is 2.11. The van der Waals surface area contributed by atoms with Crippen molar-refractivity contribution in [2.45, 2.75) is 18.9 Å². The highest BCUT2D eigenvalue weighted by atomic mass is 79.9. The number of hydrogen-bond donors (Lipinski definition) is 3. The van der Waals surface area contributed by atoms with Gasteiger partial charge in [-0.3, -0.25) is 5.32 Å². The molecule has 0 aliphatic carbocycles. The fraction of sp³-hybridized carbons (Fsp3) is 0.316. The molecule has 2 aromatic rings. The second kappa shape index (κ2) is 10.8. The van der Waals surface area contributed by atoms with Crippen molar-refractivity contribution in [3.05, 3.63) is 58.6 Å². The van der Waals surface area contributed by atoms with E-state index in [-0.39, 0.29) is 19.8 Å². The van der Waals surface area contributed by atoms with Crippen LogP contribution in [0.25, 0.3) is 0 Å². The molecule has 0 saturated carbocycles. The van der Waals surface area contributed by atoms with Crippen molar-refractivity contribution >= 4 is 27.7 Å². The lowest BCUT2D eigenvalue weighted by Gasteiger charge is -2.21. The van der Waals surface area contributed by atoms with Gasteiger partial charge >= 0.3 is 6.09 Å². The van der Waals surface area contributed by atoms with Gasteiger partial charge in [0.05, 0.1) is 6.61 Å². The molecule has 0 bridgehead atoms. The van der Waals surface area contributed by atoms with Crippen LogP contribution in [0.4, 0.5) is 10.5 Å². The van der Waals surface area contributed by atoms with Crippen molar-refractivity contribution in [3.8, 4) is 5.75 Å². The first kappa shape index (κ1) is 20.2. The van der Waals surface area contributed by atoms with E-state index in [0.717, 1.165) is 4.47 Å². The Hall–Kier alpha value is -2.09. The molecular formula is C19H22BrNO5. The molecule has 26 heavy (non-hydrogen) atoms. The Kier molecular flexibility index (Phi) is 8.40. The average Bonchev–Trinajstić information content (AvgIpc) is 2.65. The third-order valence-corrected chi connectivity index (χ3v) is 4.11. The molecule has 0 spiro atoms. The van der Waals surface area contributed by atoms with Crippen molar-refractivity contribution in [2.75, 3.05) is 25.1 Å². The minimum absolute atomic E-state index is 0.00610. The maximum atomic E-state index is 12.3. The highest BCUT2D eigenvalue weighted by Gasteiger charge is 2.20. The van der Waals surface area contributed by atoms with Crippen molar-refractivity contribution < 1.29 is 24.5 Å². The van der Waals surface area contributed by atoms with E-state index in [9.17, 15) is 4.79 Å². The quantitative estimate of drug-likeness (QED) is 0.569. The summed E-state index contributed by atoms with van der Waals surface area (Å²) in [6, 6.07) is 14.3. The van der Waals surface area contributed by atoms with Crippen LogP contribution in [0.2, 0.25) is 0 Å². The maximum Gasteiger partial charge on any atom is 0.412 e. The van der Waals surface area contributed by atoms with Gasteiger partial charge in [0.15, 0.2) is 0 Å². The highest BCUT2D eigenvalue weighted by molar-refractivity contribution is 9.10. The molecular weight excluding hydrogens is 402 g/mol. The van der Waals surface area contributed by atoms with E-state index in [2.05, 4.69) is 21.2 Å². The highest BCUT2D eigenvalue weighted by Crippen LogP contribution is 2.31. The standard InChI is InChI=1S/C19H22BrNO5/c20-14-7-9-15(10-8-14)21-19(24)26-18(6-3-11-22)16-4-1-2-5-17(16)25-13-12-23/h1-2,4-5,7-10,18,22-23H,3,6,11-13H2,(H,21,24)/t18-/m1/s1. The largest absolute Gasteiger partial charge is 0.491 e. The molecule has 1 atom stereocenters. The SMILES string of the molecule is O=C(Nc1ccc(Br)cc1)O[C@H](CCCO)c1ccccc1OCCO. The van der Waals surface area contributed by atoms with Crippen molar-refractivity contribution in [3.63, 3.8) is 0 Å². The van der Waals surface area contributed by atoms with Gasteiger partial charge in [0.2, 0.25) is 0 Å². The number of carbonyl (C=O) groups excluding carboxylic acids is 1. The smallest absolute Gasteiger partial charge is 0.412 e. The number of hydrogen-bond acceptors (Lipinski definition) is 5. The molecule has 140 valence electrons. The Bertz CT molecular complexity index is 693. The second-order valence-corrected chi connectivity index (χ2v) is 6.42. The molecule has 0 unspecified atom stereocenters. The third kappa shape index (κ3) is 6.33. The molecule has 0 fully saturated rings. The lowest BCUT2D eigenvalue weighted by Crippen LogP contribution is -2.18. The van der Waals surface area contributed by atoms with E-state index in [1.807, 2.05) is 24.3 Å². The summed E-state index contributed by atoms with van der Waals surface area (Å²) in [5, 5.41) is 20.8. The summed E-state index contributed by atoms with van der Waals surface area (Å²) in [5.74, 6) is 0.543. The number of benzene rings is 2. The van der Waals surface area contributed by atoms with Gasteiger partial charge in [-0.25, -0.2) is 4.79 Å². The first-order valence-corrected chi connectivity index (χ1v) is 9.10. The average molecular weight is 424 g/mol. The van der Waals surface area contributed by atoms with Gasteiger partial charge in [0, 0.05) is 22.3 Å². The molecule has 3 N–H and O–H groups in total. The minimum atomic E-state index is -0.591. The maximum absolute atomic E-state index is 12.3. The first-order chi connectivity index (χ1) is 12.6. The summed E-state index contributed by atoms with van der Waals surface area (Å²) in [7, 11) is 0. The summed E-state index contributed by atoms with van der Waals surface area (Å²) < 4.78 is 12.0. The van der Waals surface area contributed by atoms with E-state index in [0.29, 0.717) is 29.8 Å². The summed E-state index contributed by atoms with van der Waals surface area (Å²) in [4.78, 5) is 12.3. The molecule has 0 aliphatic heterocycles. The third-order valence-electron chi connectivity index (χ3n) is 3.58. The molecule has 7 heteroatoms. The van der Waals surface area contributed by atoms with Crippen molar-refractivity contribution in [1.29, 1.82) is 0 Å². The van der Waals surface area contributed by atoms with E-state index < -0.39 is 12.2 Å². The normalized spacial score (nSPS) is 11.7. The minimum Gasteiger partial charge on any atom is -0.491 e. The number of amides is 1. The van der Waals surface area contributed by atoms with Crippen molar-refractivity contribution in [1.82, 2.24) is 0 Å². The number of carbonyl (C=O) groups is 1. The molecule has 0 saturated heterocycles. The Labute approximate surface area is 160 Å². The molecule has 0 heterocycles. The van der Waals surface area contributed by atoms with Crippen LogP contribution >= 0.6 is 15.9 Å². The van der Waals surface area contributed by atoms with Crippen LogP contribution in [0.3, 0.4) is 0 Å². The predicted octanol–water partition coefficient (Wildman–Crippen LogP) is 3.88. The van der Waals surface area contributed by atoms with Crippen LogP contribution in [0.15, 0.2) is 53.0 Å². The topological polar surface area (TPSA) is 88.0 Å². The van der Waals surface area contributed by atoms with Gasteiger partial charge in [-0.05, 0) is 43.2 Å². The molecule has 2 aromatic carbocycles. The second-order valence-electron chi connectivity index (χ2n) is 5.50. The first-order valence-electron chi connectivity index (χ1n) is 8.30. The zero-order valence-corrected chi connectivity index (χ0v) is 15.8. The van der Waals surface area contributed by atoms with Crippen LogP contribution in [-0.4, -0.2) is 36.1 Å². The summed E-state index contributed by atoms with van der Waals surface area (Å²) in [6.07, 6.45) is -0.242. The number of halogens is 1. The Morgan fingerprint density at radius 3 is 2.50 bits per heavy atom. The van der Waals surface area contributed by atoms with Crippen LogP contribution in [0.5, 0.6) is 5.75 Å². The Morgan fingerprint density at radius 1 is 1.08 bits per heavy atom. The number of aliphatic hydroxyl groups is 2. The number of anilines is 1. The summed E-state index contributed by atoms with van der Waals surface area (Å²) in [5.41, 5.74) is 1.31. The summed E-state index contributed by atoms with van der Waals surface area (Å²) in [6.45, 7) is 0.0310. The van der Waals surface area contributed by atoms with E-state index >= 15 is 0 Å². The zero-order chi connectivity index (χ0) is 18.8. The summed E-state index contributed by atoms with van der Waals surface area (Å²) >= 11 is 3.34. The van der Waals surface area contributed by atoms with E-state index in [1.54, 1.807) is 24.3 Å². The van der Waals surface area contributed by atoms with E-state index in [1.165, 1.54) is 0 Å². The number of nitrogens with one attached hydrogen (secondary N) is 1. The molecule has 2 rings (SSSR count). The van der Waals surface area contributed by atoms with Crippen LogP contribution in [0.1, 0.15) is 24.5 Å². The number of rotatable bonds is 9. The van der Waals surface area contributed by atoms with Crippen LogP contribution in [-0.2, 0) is 4.74 Å². The van der Waals surface area contributed by atoms with Gasteiger partial charge < -0.3 is 19.7 Å².